The molecular weight excluding hydrogens is 192 g/mol. The van der Waals surface area contributed by atoms with Crippen LogP contribution < -0.4 is 4.90 Å². The highest BCUT2D eigenvalue weighted by molar-refractivity contribution is 5.94. The van der Waals surface area contributed by atoms with Gasteiger partial charge in [-0.1, -0.05) is 18.2 Å². The van der Waals surface area contributed by atoms with Gasteiger partial charge in [-0.2, -0.15) is 0 Å². The number of amides is 2. The summed E-state index contributed by atoms with van der Waals surface area (Å²) in [6.07, 6.45) is -0.190. The van der Waals surface area contributed by atoms with E-state index in [4.69, 9.17) is 4.74 Å². The fraction of sp³-hybridized carbons (Fsp3) is 0.364. The normalized spacial score (nSPS) is 21.2. The molecule has 1 aromatic carbocycles. The van der Waals surface area contributed by atoms with E-state index in [1.165, 1.54) is 0 Å². The standard InChI is InChI=1S/C11H14N2O2/c1-12-8-10(15-2)13(11(12)14)9-6-4-3-5-7-9/h3-7,10H,8H2,1-2H3. The first-order chi connectivity index (χ1) is 7.24. The number of carbonyl (C=O) groups excluding carboxylic acids is 1. The van der Waals surface area contributed by atoms with Crippen LogP contribution in [0.4, 0.5) is 10.5 Å². The molecule has 1 unspecified atom stereocenters. The number of anilines is 1. The maximum Gasteiger partial charge on any atom is 0.326 e. The van der Waals surface area contributed by atoms with Crippen LogP contribution in [0.5, 0.6) is 0 Å². The first-order valence-corrected chi connectivity index (χ1v) is 4.86. The molecule has 0 aliphatic carbocycles. The van der Waals surface area contributed by atoms with Crippen molar-refractivity contribution in [3.05, 3.63) is 30.3 Å². The number of ether oxygens (including phenoxy) is 1. The van der Waals surface area contributed by atoms with Crippen LogP contribution in [-0.4, -0.2) is 37.9 Å². The average molecular weight is 206 g/mol. The SMILES string of the molecule is COC1CN(C)C(=O)N1c1ccccc1. The molecule has 0 aromatic heterocycles. The molecule has 0 radical (unpaired) electrons. The third-order valence-corrected chi connectivity index (χ3v) is 2.56. The van der Waals surface area contributed by atoms with Gasteiger partial charge in [0.1, 0.15) is 0 Å². The number of benzene rings is 1. The van der Waals surface area contributed by atoms with E-state index in [1.807, 2.05) is 30.3 Å². The third kappa shape index (κ3) is 1.68. The van der Waals surface area contributed by atoms with E-state index < -0.39 is 0 Å². The average Bonchev–Trinajstić information content (AvgIpc) is 2.56. The van der Waals surface area contributed by atoms with Gasteiger partial charge in [0, 0.05) is 19.8 Å². The summed E-state index contributed by atoms with van der Waals surface area (Å²) in [5, 5.41) is 0. The van der Waals surface area contributed by atoms with Crippen molar-refractivity contribution in [1.29, 1.82) is 0 Å². The van der Waals surface area contributed by atoms with E-state index in [-0.39, 0.29) is 12.3 Å². The van der Waals surface area contributed by atoms with Crippen LogP contribution in [0.25, 0.3) is 0 Å². The summed E-state index contributed by atoms with van der Waals surface area (Å²) < 4.78 is 5.28. The topological polar surface area (TPSA) is 32.8 Å². The zero-order valence-corrected chi connectivity index (χ0v) is 8.88. The Morgan fingerprint density at radius 1 is 1.33 bits per heavy atom. The summed E-state index contributed by atoms with van der Waals surface area (Å²) in [6.45, 7) is 0.601. The van der Waals surface area contributed by atoms with Crippen LogP contribution in [0.1, 0.15) is 0 Å². The predicted octanol–water partition coefficient (Wildman–Crippen LogP) is 1.53. The number of methoxy groups -OCH3 is 1. The fourth-order valence-corrected chi connectivity index (χ4v) is 1.75. The number of para-hydroxylation sites is 1. The fourth-order valence-electron chi connectivity index (χ4n) is 1.75. The summed E-state index contributed by atoms with van der Waals surface area (Å²) >= 11 is 0. The molecule has 0 spiro atoms. The summed E-state index contributed by atoms with van der Waals surface area (Å²) in [7, 11) is 3.39. The number of likely N-dealkylation sites (N-methyl/N-ethyl adjacent to an activating group) is 1. The van der Waals surface area contributed by atoms with Crippen LogP contribution in [0.2, 0.25) is 0 Å². The van der Waals surface area contributed by atoms with Gasteiger partial charge in [0.05, 0.1) is 6.54 Å². The molecule has 1 saturated heterocycles. The van der Waals surface area contributed by atoms with Gasteiger partial charge in [-0.05, 0) is 12.1 Å². The lowest BCUT2D eigenvalue weighted by atomic mass is 10.3. The van der Waals surface area contributed by atoms with Gasteiger partial charge >= 0.3 is 6.03 Å². The van der Waals surface area contributed by atoms with Crippen molar-refractivity contribution in [1.82, 2.24) is 4.90 Å². The molecule has 0 saturated carbocycles. The molecule has 1 heterocycles. The van der Waals surface area contributed by atoms with Gasteiger partial charge < -0.3 is 9.64 Å². The monoisotopic (exact) mass is 206 g/mol. The van der Waals surface area contributed by atoms with Gasteiger partial charge in [-0.3, -0.25) is 4.90 Å². The van der Waals surface area contributed by atoms with E-state index in [9.17, 15) is 4.79 Å². The van der Waals surface area contributed by atoms with Crippen molar-refractivity contribution in [2.45, 2.75) is 6.23 Å². The Balaban J connectivity index is 2.31. The molecule has 0 bridgehead atoms. The summed E-state index contributed by atoms with van der Waals surface area (Å²) in [5.74, 6) is 0. The first kappa shape index (κ1) is 9.98. The zero-order chi connectivity index (χ0) is 10.8. The van der Waals surface area contributed by atoms with Gasteiger partial charge in [0.2, 0.25) is 0 Å². The van der Waals surface area contributed by atoms with Crippen molar-refractivity contribution in [3.8, 4) is 0 Å². The molecule has 1 aromatic rings. The molecule has 15 heavy (non-hydrogen) atoms. The molecule has 4 heteroatoms. The zero-order valence-electron chi connectivity index (χ0n) is 8.88. The smallest absolute Gasteiger partial charge is 0.326 e. The highest BCUT2D eigenvalue weighted by Gasteiger charge is 2.35. The molecule has 1 aliphatic rings. The lowest BCUT2D eigenvalue weighted by Crippen LogP contribution is -2.35. The van der Waals surface area contributed by atoms with Gasteiger partial charge in [-0.25, -0.2) is 4.79 Å². The molecule has 1 fully saturated rings. The van der Waals surface area contributed by atoms with Crippen LogP contribution in [0.3, 0.4) is 0 Å². The minimum absolute atomic E-state index is 0.0203. The summed E-state index contributed by atoms with van der Waals surface area (Å²) in [6, 6.07) is 9.54. The lowest BCUT2D eigenvalue weighted by molar-refractivity contribution is 0.112. The Kier molecular flexibility index (Phi) is 2.60. The molecule has 2 amide bonds. The molecular formula is C11H14N2O2. The lowest BCUT2D eigenvalue weighted by Gasteiger charge is -2.21. The Labute approximate surface area is 89.0 Å². The van der Waals surface area contributed by atoms with E-state index >= 15 is 0 Å². The van der Waals surface area contributed by atoms with Gasteiger partial charge in [0.15, 0.2) is 6.23 Å². The molecule has 1 aliphatic heterocycles. The van der Waals surface area contributed by atoms with Gasteiger partial charge in [0.25, 0.3) is 0 Å². The van der Waals surface area contributed by atoms with Crippen LogP contribution in [0, 0.1) is 0 Å². The second-order valence-electron chi connectivity index (χ2n) is 3.56. The number of carbonyl (C=O) groups is 1. The number of hydrogen-bond donors (Lipinski definition) is 0. The van der Waals surface area contributed by atoms with E-state index in [0.717, 1.165) is 5.69 Å². The van der Waals surface area contributed by atoms with Crippen molar-refractivity contribution < 1.29 is 9.53 Å². The number of nitrogens with zero attached hydrogens (tertiary/aromatic N) is 2. The van der Waals surface area contributed by atoms with Crippen molar-refractivity contribution in [2.24, 2.45) is 0 Å². The third-order valence-electron chi connectivity index (χ3n) is 2.56. The molecule has 2 rings (SSSR count). The summed E-state index contributed by atoms with van der Waals surface area (Å²) in [5.41, 5.74) is 0.874. The Morgan fingerprint density at radius 2 is 2.00 bits per heavy atom. The van der Waals surface area contributed by atoms with E-state index in [1.54, 1.807) is 24.0 Å². The maximum absolute atomic E-state index is 11.8. The number of rotatable bonds is 2. The quantitative estimate of drug-likeness (QED) is 0.735. The molecule has 0 N–H and O–H groups in total. The summed E-state index contributed by atoms with van der Waals surface area (Å²) in [4.78, 5) is 15.2. The highest BCUT2D eigenvalue weighted by Crippen LogP contribution is 2.23. The van der Waals surface area contributed by atoms with Crippen LogP contribution in [0.15, 0.2) is 30.3 Å². The first-order valence-electron chi connectivity index (χ1n) is 4.86. The van der Waals surface area contributed by atoms with Crippen LogP contribution >= 0.6 is 0 Å². The van der Waals surface area contributed by atoms with E-state index in [0.29, 0.717) is 6.54 Å². The number of urea groups is 1. The molecule has 4 nitrogen and oxygen atoms in total. The Morgan fingerprint density at radius 3 is 2.60 bits per heavy atom. The molecule has 1 atom stereocenters. The predicted molar refractivity (Wildman–Crippen MR) is 57.7 cm³/mol. The maximum atomic E-state index is 11.8. The van der Waals surface area contributed by atoms with E-state index in [2.05, 4.69) is 0 Å². The van der Waals surface area contributed by atoms with Gasteiger partial charge in [-0.15, -0.1) is 0 Å². The minimum Gasteiger partial charge on any atom is -0.359 e. The number of hydrogen-bond acceptors (Lipinski definition) is 2. The largest absolute Gasteiger partial charge is 0.359 e. The van der Waals surface area contributed by atoms with Crippen molar-refractivity contribution in [3.63, 3.8) is 0 Å². The second kappa shape index (κ2) is 3.90. The van der Waals surface area contributed by atoms with Crippen molar-refractivity contribution in [2.75, 3.05) is 25.6 Å². The highest BCUT2D eigenvalue weighted by atomic mass is 16.5. The Hall–Kier alpha value is -1.55. The second-order valence-corrected chi connectivity index (χ2v) is 3.56. The van der Waals surface area contributed by atoms with Crippen molar-refractivity contribution >= 4 is 11.7 Å². The Bertz CT molecular complexity index is 353. The van der Waals surface area contributed by atoms with Crippen LogP contribution in [-0.2, 0) is 4.74 Å². The minimum atomic E-state index is -0.190. The molecule has 80 valence electrons.